The van der Waals surface area contributed by atoms with Crippen molar-refractivity contribution in [3.05, 3.63) is 0 Å². The number of rotatable bonds is 5. The molecule has 0 saturated carbocycles. The summed E-state index contributed by atoms with van der Waals surface area (Å²) in [6.07, 6.45) is 5.73. The average Bonchev–Trinajstić information content (AvgIpc) is 2.53. The number of amides is 2. The number of carbonyl (C=O) groups is 1. The lowest BCUT2D eigenvalue weighted by Gasteiger charge is -2.36. The van der Waals surface area contributed by atoms with E-state index in [1.165, 1.54) is 10.6 Å². The molecule has 0 atom stereocenters. The highest BCUT2D eigenvalue weighted by Crippen LogP contribution is 2.22. The van der Waals surface area contributed by atoms with Gasteiger partial charge in [-0.2, -0.15) is 0 Å². The molecule has 0 unspecified atom stereocenters. The summed E-state index contributed by atoms with van der Waals surface area (Å²) >= 11 is 0. The number of sulfonamides is 1. The minimum absolute atomic E-state index is 0.0201. The number of urea groups is 1. The summed E-state index contributed by atoms with van der Waals surface area (Å²) in [7, 11) is -3.08. The highest BCUT2D eigenvalue weighted by molar-refractivity contribution is 7.88. The van der Waals surface area contributed by atoms with Gasteiger partial charge in [-0.15, -0.1) is 0 Å². The van der Waals surface area contributed by atoms with Gasteiger partial charge in [-0.1, -0.05) is 6.92 Å². The summed E-state index contributed by atoms with van der Waals surface area (Å²) in [5, 5.41) is 2.90. The quantitative estimate of drug-likeness (QED) is 0.805. The largest absolute Gasteiger partial charge is 0.375 e. The van der Waals surface area contributed by atoms with Gasteiger partial charge in [0.25, 0.3) is 0 Å². The third kappa shape index (κ3) is 5.61. The molecule has 0 bridgehead atoms. The van der Waals surface area contributed by atoms with Crippen molar-refractivity contribution in [2.45, 2.75) is 51.2 Å². The van der Waals surface area contributed by atoms with Crippen molar-refractivity contribution in [2.24, 2.45) is 0 Å². The van der Waals surface area contributed by atoms with Crippen molar-refractivity contribution in [2.75, 3.05) is 39.0 Å². The van der Waals surface area contributed by atoms with Gasteiger partial charge in [0.05, 0.1) is 18.5 Å². The number of hydrogen-bond donors (Lipinski definition) is 1. The van der Waals surface area contributed by atoms with Crippen LogP contribution in [0.5, 0.6) is 0 Å². The maximum absolute atomic E-state index is 11.9. The van der Waals surface area contributed by atoms with Gasteiger partial charge < -0.3 is 15.0 Å². The van der Waals surface area contributed by atoms with Gasteiger partial charge in [-0.05, 0) is 32.1 Å². The van der Waals surface area contributed by atoms with Gasteiger partial charge in [-0.3, -0.25) is 0 Å². The summed E-state index contributed by atoms with van der Waals surface area (Å²) in [6.45, 7) is 5.29. The van der Waals surface area contributed by atoms with E-state index in [1.54, 1.807) is 0 Å². The normalized spacial score (nSPS) is 22.3. The molecular formula is C15H29N3O4S. The summed E-state index contributed by atoms with van der Waals surface area (Å²) in [5.74, 6) is 0. The molecule has 0 aromatic heterocycles. The smallest absolute Gasteiger partial charge is 0.317 e. The van der Waals surface area contributed by atoms with E-state index in [0.29, 0.717) is 19.6 Å². The van der Waals surface area contributed by atoms with E-state index in [-0.39, 0.29) is 18.2 Å². The van der Waals surface area contributed by atoms with E-state index >= 15 is 0 Å². The van der Waals surface area contributed by atoms with Crippen molar-refractivity contribution in [3.8, 4) is 0 Å². The molecule has 134 valence electrons. The molecule has 0 spiro atoms. The molecule has 23 heavy (non-hydrogen) atoms. The lowest BCUT2D eigenvalue weighted by Crippen LogP contribution is -2.47. The second-order valence-corrected chi connectivity index (χ2v) is 8.40. The summed E-state index contributed by atoms with van der Waals surface area (Å²) in [5.41, 5.74) is 0. The van der Waals surface area contributed by atoms with Crippen LogP contribution in [-0.2, 0) is 14.8 Å². The second kappa shape index (κ2) is 8.30. The number of hydrogen-bond acceptors (Lipinski definition) is 4. The van der Waals surface area contributed by atoms with E-state index in [9.17, 15) is 13.2 Å². The fourth-order valence-electron chi connectivity index (χ4n) is 3.11. The fourth-order valence-corrected chi connectivity index (χ4v) is 3.98. The zero-order chi connectivity index (χ0) is 16.9. The van der Waals surface area contributed by atoms with E-state index in [4.69, 9.17) is 4.74 Å². The van der Waals surface area contributed by atoms with Crippen molar-refractivity contribution in [1.82, 2.24) is 14.5 Å². The Kier molecular flexibility index (Phi) is 6.67. The minimum Gasteiger partial charge on any atom is -0.375 e. The van der Waals surface area contributed by atoms with Gasteiger partial charge in [0.2, 0.25) is 10.0 Å². The predicted molar refractivity (Wildman–Crippen MR) is 88.8 cm³/mol. The first-order valence-electron chi connectivity index (χ1n) is 8.53. The first kappa shape index (κ1) is 18.5. The molecule has 7 nitrogen and oxygen atoms in total. The third-order valence-corrected chi connectivity index (χ3v) is 5.81. The SMILES string of the molecule is CCCNC(=O)N1CCC(OC2CCN(S(C)(=O)=O)CC2)CC1. The molecule has 2 heterocycles. The Labute approximate surface area is 139 Å². The zero-order valence-electron chi connectivity index (χ0n) is 14.2. The van der Waals surface area contributed by atoms with E-state index in [1.807, 2.05) is 11.8 Å². The monoisotopic (exact) mass is 347 g/mol. The molecule has 0 aromatic carbocycles. The number of nitrogens with zero attached hydrogens (tertiary/aromatic N) is 2. The molecule has 2 rings (SSSR count). The molecule has 2 fully saturated rings. The van der Waals surface area contributed by atoms with E-state index in [0.717, 1.165) is 45.2 Å². The maximum atomic E-state index is 11.9. The minimum atomic E-state index is -3.08. The van der Waals surface area contributed by atoms with Crippen LogP contribution in [0.15, 0.2) is 0 Å². The van der Waals surface area contributed by atoms with Crippen LogP contribution in [0.3, 0.4) is 0 Å². The molecule has 1 N–H and O–H groups in total. The van der Waals surface area contributed by atoms with Crippen LogP contribution < -0.4 is 5.32 Å². The maximum Gasteiger partial charge on any atom is 0.317 e. The molecule has 0 radical (unpaired) electrons. The molecule has 2 saturated heterocycles. The zero-order valence-corrected chi connectivity index (χ0v) is 15.0. The molecule has 2 aliphatic rings. The van der Waals surface area contributed by atoms with Crippen molar-refractivity contribution < 1.29 is 17.9 Å². The number of carbonyl (C=O) groups excluding carboxylic acids is 1. The lowest BCUT2D eigenvalue weighted by atomic mass is 10.1. The predicted octanol–water partition coefficient (Wildman–Crippen LogP) is 1.01. The first-order valence-corrected chi connectivity index (χ1v) is 10.4. The van der Waals surface area contributed by atoms with Crippen LogP contribution in [0.1, 0.15) is 39.0 Å². The molecule has 2 aliphatic heterocycles. The number of piperidine rings is 2. The van der Waals surface area contributed by atoms with Crippen molar-refractivity contribution in [1.29, 1.82) is 0 Å². The van der Waals surface area contributed by atoms with E-state index < -0.39 is 10.0 Å². The summed E-state index contributed by atoms with van der Waals surface area (Å²) in [4.78, 5) is 13.7. The van der Waals surface area contributed by atoms with Crippen molar-refractivity contribution >= 4 is 16.1 Å². The number of nitrogens with one attached hydrogen (secondary N) is 1. The van der Waals surface area contributed by atoms with Gasteiger partial charge in [0.1, 0.15) is 0 Å². The molecule has 0 aliphatic carbocycles. The first-order chi connectivity index (χ1) is 10.9. The van der Waals surface area contributed by atoms with Crippen LogP contribution in [0.2, 0.25) is 0 Å². The highest BCUT2D eigenvalue weighted by atomic mass is 32.2. The Morgan fingerprint density at radius 2 is 1.61 bits per heavy atom. The van der Waals surface area contributed by atoms with Crippen LogP contribution in [0, 0.1) is 0 Å². The highest BCUT2D eigenvalue weighted by Gasteiger charge is 2.29. The Hall–Kier alpha value is -0.860. The van der Waals surface area contributed by atoms with Gasteiger partial charge >= 0.3 is 6.03 Å². The summed E-state index contributed by atoms with van der Waals surface area (Å²) < 4.78 is 30.6. The fraction of sp³-hybridized carbons (Fsp3) is 0.933. The molecule has 8 heteroatoms. The Morgan fingerprint density at radius 3 is 2.09 bits per heavy atom. The standard InChI is InChI=1S/C15H29N3O4S/c1-3-8-16-15(19)17-9-4-13(5-10-17)22-14-6-11-18(12-7-14)23(2,20)21/h13-14H,3-12H2,1-2H3,(H,16,19). The Morgan fingerprint density at radius 1 is 1.09 bits per heavy atom. The van der Waals surface area contributed by atoms with Crippen molar-refractivity contribution in [3.63, 3.8) is 0 Å². The van der Waals surface area contributed by atoms with Crippen LogP contribution in [-0.4, -0.2) is 74.8 Å². The third-order valence-electron chi connectivity index (χ3n) is 4.51. The van der Waals surface area contributed by atoms with Crippen LogP contribution in [0.25, 0.3) is 0 Å². The van der Waals surface area contributed by atoms with E-state index in [2.05, 4.69) is 5.32 Å². The van der Waals surface area contributed by atoms with Crippen LogP contribution in [0.4, 0.5) is 4.79 Å². The molecule has 0 aromatic rings. The van der Waals surface area contributed by atoms with Crippen LogP contribution >= 0.6 is 0 Å². The molecule has 2 amide bonds. The summed E-state index contributed by atoms with van der Waals surface area (Å²) in [6, 6.07) is 0.0201. The Balaban J connectivity index is 1.68. The number of likely N-dealkylation sites (tertiary alicyclic amines) is 1. The Bertz CT molecular complexity index is 481. The van der Waals surface area contributed by atoms with Gasteiger partial charge in [0.15, 0.2) is 0 Å². The lowest BCUT2D eigenvalue weighted by molar-refractivity contribution is -0.0546. The average molecular weight is 347 g/mol. The molecular weight excluding hydrogens is 318 g/mol. The number of ether oxygens (including phenoxy) is 1. The second-order valence-electron chi connectivity index (χ2n) is 6.42. The topological polar surface area (TPSA) is 79.0 Å². The van der Waals surface area contributed by atoms with Gasteiger partial charge in [-0.25, -0.2) is 17.5 Å². The van der Waals surface area contributed by atoms with Gasteiger partial charge in [0, 0.05) is 32.7 Å².